The van der Waals surface area contributed by atoms with Crippen LogP contribution in [0.15, 0.2) is 36.4 Å². The van der Waals surface area contributed by atoms with Crippen LogP contribution in [0.3, 0.4) is 0 Å². The molecule has 0 unspecified atom stereocenters. The van der Waals surface area contributed by atoms with Gasteiger partial charge < -0.3 is 21.7 Å². The highest BCUT2D eigenvalue weighted by atomic mass is 16.3. The van der Waals surface area contributed by atoms with Crippen LogP contribution in [0.25, 0.3) is 0 Å². The lowest BCUT2D eigenvalue weighted by Crippen LogP contribution is -1.93. The van der Waals surface area contributed by atoms with Crippen LogP contribution in [0.4, 0.5) is 11.4 Å². The smallest absolute Gasteiger partial charge is 0.138 e. The fraction of sp³-hybridized carbons (Fsp3) is 0.200. The molecule has 2 aromatic carbocycles. The molecule has 19 heavy (non-hydrogen) atoms. The van der Waals surface area contributed by atoms with E-state index in [-0.39, 0.29) is 11.5 Å². The SMILES string of the molecule is Nc1ccc(CCCc2ccc(N)c(O)c2)cc1O. The lowest BCUT2D eigenvalue weighted by molar-refractivity contribution is 0.477. The van der Waals surface area contributed by atoms with Crippen molar-refractivity contribution in [2.45, 2.75) is 19.3 Å². The topological polar surface area (TPSA) is 92.5 Å². The van der Waals surface area contributed by atoms with Gasteiger partial charge in [0.25, 0.3) is 0 Å². The number of aromatic hydroxyl groups is 2. The second-order valence-electron chi connectivity index (χ2n) is 4.64. The van der Waals surface area contributed by atoms with Gasteiger partial charge in [0.15, 0.2) is 0 Å². The summed E-state index contributed by atoms with van der Waals surface area (Å²) in [6.45, 7) is 0. The Balaban J connectivity index is 1.92. The number of nitrogens with two attached hydrogens (primary N) is 2. The molecule has 0 amide bonds. The molecule has 0 aliphatic rings. The summed E-state index contributed by atoms with van der Waals surface area (Å²) in [5.41, 5.74) is 14.0. The first-order valence-electron chi connectivity index (χ1n) is 6.21. The number of benzene rings is 2. The number of hydrogen-bond acceptors (Lipinski definition) is 4. The van der Waals surface area contributed by atoms with Crippen LogP contribution in [-0.2, 0) is 12.8 Å². The maximum atomic E-state index is 9.51. The zero-order chi connectivity index (χ0) is 13.8. The Labute approximate surface area is 112 Å². The molecule has 100 valence electrons. The van der Waals surface area contributed by atoms with E-state index >= 15 is 0 Å². The molecule has 0 atom stereocenters. The second kappa shape index (κ2) is 5.52. The van der Waals surface area contributed by atoms with Crippen molar-refractivity contribution in [1.82, 2.24) is 0 Å². The molecule has 0 saturated carbocycles. The summed E-state index contributed by atoms with van der Waals surface area (Å²) in [5, 5.41) is 19.0. The van der Waals surface area contributed by atoms with Gasteiger partial charge in [-0.25, -0.2) is 0 Å². The highest BCUT2D eigenvalue weighted by Crippen LogP contribution is 2.23. The minimum absolute atomic E-state index is 0.127. The predicted molar refractivity (Wildman–Crippen MR) is 77.1 cm³/mol. The molecule has 0 aliphatic heterocycles. The molecule has 4 heteroatoms. The lowest BCUT2D eigenvalue weighted by atomic mass is 10.0. The average molecular weight is 258 g/mol. The van der Waals surface area contributed by atoms with Crippen molar-refractivity contribution in [2.75, 3.05) is 11.5 Å². The van der Waals surface area contributed by atoms with Crippen LogP contribution in [0, 0.1) is 0 Å². The van der Waals surface area contributed by atoms with Crippen LogP contribution in [0.5, 0.6) is 11.5 Å². The summed E-state index contributed by atoms with van der Waals surface area (Å²) in [6, 6.07) is 10.6. The number of hydrogen-bond donors (Lipinski definition) is 4. The van der Waals surface area contributed by atoms with Crippen molar-refractivity contribution >= 4 is 11.4 Å². The van der Waals surface area contributed by atoms with Crippen LogP contribution in [0.1, 0.15) is 17.5 Å². The Kier molecular flexibility index (Phi) is 3.80. The maximum Gasteiger partial charge on any atom is 0.138 e. The Morgan fingerprint density at radius 1 is 0.737 bits per heavy atom. The van der Waals surface area contributed by atoms with Crippen LogP contribution in [0.2, 0.25) is 0 Å². The van der Waals surface area contributed by atoms with E-state index in [9.17, 15) is 10.2 Å². The van der Waals surface area contributed by atoms with Crippen molar-refractivity contribution in [3.8, 4) is 11.5 Å². The molecule has 0 radical (unpaired) electrons. The summed E-state index contributed by atoms with van der Waals surface area (Å²) in [6.07, 6.45) is 2.62. The van der Waals surface area contributed by atoms with Crippen molar-refractivity contribution in [2.24, 2.45) is 0 Å². The molecule has 6 N–H and O–H groups in total. The van der Waals surface area contributed by atoms with Gasteiger partial charge in [0.05, 0.1) is 11.4 Å². The Hall–Kier alpha value is -2.36. The van der Waals surface area contributed by atoms with Crippen molar-refractivity contribution in [3.63, 3.8) is 0 Å². The molecular weight excluding hydrogens is 240 g/mol. The van der Waals surface area contributed by atoms with Gasteiger partial charge in [0, 0.05) is 0 Å². The summed E-state index contributed by atoms with van der Waals surface area (Å²) >= 11 is 0. The van der Waals surface area contributed by atoms with E-state index in [4.69, 9.17) is 11.5 Å². The summed E-state index contributed by atoms with van der Waals surface area (Å²) < 4.78 is 0. The van der Waals surface area contributed by atoms with Gasteiger partial charge in [0.2, 0.25) is 0 Å². The van der Waals surface area contributed by atoms with E-state index in [0.29, 0.717) is 11.4 Å². The van der Waals surface area contributed by atoms with E-state index in [1.165, 1.54) is 0 Å². The molecule has 0 fully saturated rings. The first-order valence-corrected chi connectivity index (χ1v) is 6.21. The number of rotatable bonds is 4. The summed E-state index contributed by atoms with van der Waals surface area (Å²) in [7, 11) is 0. The Morgan fingerprint density at radius 2 is 1.16 bits per heavy atom. The van der Waals surface area contributed by atoms with Gasteiger partial charge >= 0.3 is 0 Å². The maximum absolute atomic E-state index is 9.51. The Morgan fingerprint density at radius 3 is 1.53 bits per heavy atom. The molecule has 0 heterocycles. The molecule has 4 nitrogen and oxygen atoms in total. The van der Waals surface area contributed by atoms with Gasteiger partial charge in [0.1, 0.15) is 11.5 Å². The second-order valence-corrected chi connectivity index (χ2v) is 4.64. The number of phenols is 2. The van der Waals surface area contributed by atoms with Crippen LogP contribution in [-0.4, -0.2) is 10.2 Å². The third-order valence-electron chi connectivity index (χ3n) is 3.12. The first-order chi connectivity index (χ1) is 9.06. The molecule has 0 aliphatic carbocycles. The largest absolute Gasteiger partial charge is 0.506 e. The van der Waals surface area contributed by atoms with E-state index in [0.717, 1.165) is 30.4 Å². The van der Waals surface area contributed by atoms with Gasteiger partial charge in [-0.2, -0.15) is 0 Å². The van der Waals surface area contributed by atoms with E-state index in [2.05, 4.69) is 0 Å². The van der Waals surface area contributed by atoms with E-state index in [1.54, 1.807) is 24.3 Å². The van der Waals surface area contributed by atoms with Crippen LogP contribution >= 0.6 is 0 Å². The summed E-state index contributed by atoms with van der Waals surface area (Å²) in [4.78, 5) is 0. The predicted octanol–water partition coefficient (Wildman–Crippen LogP) is 2.44. The van der Waals surface area contributed by atoms with Crippen LogP contribution < -0.4 is 11.5 Å². The molecule has 0 saturated heterocycles. The highest BCUT2D eigenvalue weighted by molar-refractivity contribution is 5.53. The highest BCUT2D eigenvalue weighted by Gasteiger charge is 2.02. The van der Waals surface area contributed by atoms with E-state index in [1.807, 2.05) is 12.1 Å². The third kappa shape index (κ3) is 3.31. The minimum Gasteiger partial charge on any atom is -0.506 e. The monoisotopic (exact) mass is 258 g/mol. The van der Waals surface area contributed by atoms with E-state index < -0.39 is 0 Å². The Bertz CT molecular complexity index is 531. The van der Waals surface area contributed by atoms with Crippen molar-refractivity contribution in [1.29, 1.82) is 0 Å². The normalized spacial score (nSPS) is 10.5. The van der Waals surface area contributed by atoms with Gasteiger partial charge in [-0.1, -0.05) is 12.1 Å². The molecule has 2 rings (SSSR count). The molecule has 2 aromatic rings. The molecule has 0 bridgehead atoms. The van der Waals surface area contributed by atoms with Gasteiger partial charge in [-0.15, -0.1) is 0 Å². The average Bonchev–Trinajstić information content (AvgIpc) is 2.38. The van der Waals surface area contributed by atoms with Crippen molar-refractivity contribution in [3.05, 3.63) is 47.5 Å². The standard InChI is InChI=1S/C15H18N2O2/c16-12-6-4-10(8-14(12)18)2-1-3-11-5-7-13(17)15(19)9-11/h4-9,18-19H,1-3,16-17H2. The molecule has 0 spiro atoms. The number of aryl methyl sites for hydroxylation is 2. The fourth-order valence-corrected chi connectivity index (χ4v) is 1.99. The molecular formula is C15H18N2O2. The summed E-state index contributed by atoms with van der Waals surface area (Å²) in [5.74, 6) is 0.255. The van der Waals surface area contributed by atoms with Gasteiger partial charge in [-0.05, 0) is 54.7 Å². The minimum atomic E-state index is 0.127. The lowest BCUT2D eigenvalue weighted by Gasteiger charge is -2.06. The number of anilines is 2. The zero-order valence-corrected chi connectivity index (χ0v) is 10.6. The first kappa shape index (κ1) is 13.1. The number of phenolic OH excluding ortho intramolecular Hbond substituents is 2. The van der Waals surface area contributed by atoms with Gasteiger partial charge in [-0.3, -0.25) is 0 Å². The quantitative estimate of drug-likeness (QED) is 0.500. The third-order valence-corrected chi connectivity index (χ3v) is 3.12. The fourth-order valence-electron chi connectivity index (χ4n) is 1.99. The molecule has 0 aromatic heterocycles. The van der Waals surface area contributed by atoms with Crippen molar-refractivity contribution < 1.29 is 10.2 Å². The zero-order valence-electron chi connectivity index (χ0n) is 10.6. The number of nitrogen functional groups attached to an aromatic ring is 2.